The minimum atomic E-state index is -0.378. The standard InChI is InChI=1S/C19H16ClNO4/c1-21(11-12-3-5-13(20)6-4-12)19(23)18-10-16(22)15-8-7-14(24-2)9-17(15)25-18/h3-10H,11H2,1-2H3. The van der Waals surface area contributed by atoms with E-state index < -0.39 is 0 Å². The molecule has 3 aromatic rings. The van der Waals surface area contributed by atoms with Crippen LogP contribution in [0.3, 0.4) is 0 Å². The van der Waals surface area contributed by atoms with Gasteiger partial charge in [-0.1, -0.05) is 23.7 Å². The molecule has 3 rings (SSSR count). The molecule has 5 nitrogen and oxygen atoms in total. The van der Waals surface area contributed by atoms with Crippen LogP contribution >= 0.6 is 11.6 Å². The number of rotatable bonds is 4. The average molecular weight is 358 g/mol. The smallest absolute Gasteiger partial charge is 0.289 e. The molecule has 0 radical (unpaired) electrons. The van der Waals surface area contributed by atoms with Gasteiger partial charge >= 0.3 is 0 Å². The summed E-state index contributed by atoms with van der Waals surface area (Å²) in [4.78, 5) is 26.3. The number of halogens is 1. The Hall–Kier alpha value is -2.79. The second-order valence-electron chi connectivity index (χ2n) is 5.62. The molecule has 2 aromatic carbocycles. The second kappa shape index (κ2) is 6.99. The van der Waals surface area contributed by atoms with Gasteiger partial charge in [-0.15, -0.1) is 0 Å². The second-order valence-corrected chi connectivity index (χ2v) is 6.06. The van der Waals surface area contributed by atoms with Crippen molar-refractivity contribution >= 4 is 28.5 Å². The first kappa shape index (κ1) is 17.0. The Morgan fingerprint density at radius 1 is 1.16 bits per heavy atom. The van der Waals surface area contributed by atoms with Crippen LogP contribution in [-0.4, -0.2) is 25.0 Å². The number of fused-ring (bicyclic) bond motifs is 1. The number of benzene rings is 2. The maximum atomic E-state index is 12.6. The third-order valence-electron chi connectivity index (χ3n) is 3.83. The van der Waals surface area contributed by atoms with E-state index in [2.05, 4.69) is 0 Å². The Kier molecular flexibility index (Phi) is 4.76. The lowest BCUT2D eigenvalue weighted by Crippen LogP contribution is -2.27. The highest BCUT2D eigenvalue weighted by atomic mass is 35.5. The van der Waals surface area contributed by atoms with Crippen molar-refractivity contribution < 1.29 is 13.9 Å². The summed E-state index contributed by atoms with van der Waals surface area (Å²) in [6, 6.07) is 13.3. The van der Waals surface area contributed by atoms with Gasteiger partial charge in [0.2, 0.25) is 0 Å². The molecular weight excluding hydrogens is 342 g/mol. The van der Waals surface area contributed by atoms with E-state index in [-0.39, 0.29) is 17.1 Å². The highest BCUT2D eigenvalue weighted by Gasteiger charge is 2.17. The topological polar surface area (TPSA) is 59.8 Å². The minimum Gasteiger partial charge on any atom is -0.497 e. The van der Waals surface area contributed by atoms with Crippen LogP contribution in [0.25, 0.3) is 11.0 Å². The molecule has 0 spiro atoms. The molecule has 6 heteroatoms. The van der Waals surface area contributed by atoms with Gasteiger partial charge in [0, 0.05) is 30.7 Å². The number of amides is 1. The zero-order chi connectivity index (χ0) is 18.0. The highest BCUT2D eigenvalue weighted by Crippen LogP contribution is 2.20. The molecule has 0 aliphatic rings. The molecule has 0 saturated carbocycles. The van der Waals surface area contributed by atoms with Crippen LogP contribution in [0.4, 0.5) is 0 Å². The third-order valence-corrected chi connectivity index (χ3v) is 4.08. The van der Waals surface area contributed by atoms with E-state index in [1.807, 2.05) is 12.1 Å². The molecule has 0 N–H and O–H groups in total. The van der Waals surface area contributed by atoms with Crippen molar-refractivity contribution in [2.75, 3.05) is 14.2 Å². The Morgan fingerprint density at radius 3 is 2.56 bits per heavy atom. The molecule has 1 heterocycles. The molecule has 0 unspecified atom stereocenters. The first-order valence-corrected chi connectivity index (χ1v) is 7.97. The molecule has 0 fully saturated rings. The molecule has 0 aliphatic heterocycles. The number of hydrogen-bond acceptors (Lipinski definition) is 4. The van der Waals surface area contributed by atoms with Crippen LogP contribution < -0.4 is 10.2 Å². The van der Waals surface area contributed by atoms with Gasteiger partial charge in [0.25, 0.3) is 5.91 Å². The number of methoxy groups -OCH3 is 1. The normalized spacial score (nSPS) is 10.7. The minimum absolute atomic E-state index is 0.0118. The summed E-state index contributed by atoms with van der Waals surface area (Å²) >= 11 is 5.86. The molecule has 128 valence electrons. The number of carbonyl (C=O) groups excluding carboxylic acids is 1. The van der Waals surface area contributed by atoms with Crippen LogP contribution in [0.2, 0.25) is 5.02 Å². The van der Waals surface area contributed by atoms with Gasteiger partial charge in [0.15, 0.2) is 11.2 Å². The SMILES string of the molecule is COc1ccc2c(=O)cc(C(=O)N(C)Cc3ccc(Cl)cc3)oc2c1. The van der Waals surface area contributed by atoms with Crippen LogP contribution in [-0.2, 0) is 6.54 Å². The molecule has 0 saturated heterocycles. The quantitative estimate of drug-likeness (QED) is 0.714. The highest BCUT2D eigenvalue weighted by molar-refractivity contribution is 6.30. The van der Waals surface area contributed by atoms with E-state index >= 15 is 0 Å². The predicted molar refractivity (Wildman–Crippen MR) is 96.3 cm³/mol. The number of ether oxygens (including phenoxy) is 1. The molecule has 25 heavy (non-hydrogen) atoms. The molecule has 0 bridgehead atoms. The van der Waals surface area contributed by atoms with E-state index in [1.54, 1.807) is 37.4 Å². The van der Waals surface area contributed by atoms with E-state index in [4.69, 9.17) is 20.8 Å². The monoisotopic (exact) mass is 357 g/mol. The van der Waals surface area contributed by atoms with Crippen molar-refractivity contribution in [1.82, 2.24) is 4.90 Å². The number of nitrogens with zero attached hydrogens (tertiary/aromatic N) is 1. The van der Waals surface area contributed by atoms with Crippen molar-refractivity contribution in [3.8, 4) is 5.75 Å². The van der Waals surface area contributed by atoms with Crippen molar-refractivity contribution in [3.63, 3.8) is 0 Å². The van der Waals surface area contributed by atoms with Crippen LogP contribution in [0.5, 0.6) is 5.75 Å². The predicted octanol–water partition coefficient (Wildman–Crippen LogP) is 3.73. The van der Waals surface area contributed by atoms with Crippen LogP contribution in [0.1, 0.15) is 16.1 Å². The van der Waals surface area contributed by atoms with Gasteiger partial charge in [0.05, 0.1) is 12.5 Å². The Bertz CT molecular complexity index is 979. The van der Waals surface area contributed by atoms with Crippen LogP contribution in [0.15, 0.2) is 57.7 Å². The average Bonchev–Trinajstić information content (AvgIpc) is 2.62. The lowest BCUT2D eigenvalue weighted by Gasteiger charge is -2.16. The lowest BCUT2D eigenvalue weighted by molar-refractivity contribution is 0.0754. The Balaban J connectivity index is 1.90. The van der Waals surface area contributed by atoms with Crippen molar-refractivity contribution in [2.24, 2.45) is 0 Å². The summed E-state index contributed by atoms with van der Waals surface area (Å²) in [7, 11) is 3.17. The van der Waals surface area contributed by atoms with Gasteiger partial charge in [-0.2, -0.15) is 0 Å². The first-order chi connectivity index (χ1) is 12.0. The fourth-order valence-electron chi connectivity index (χ4n) is 2.49. The largest absolute Gasteiger partial charge is 0.497 e. The summed E-state index contributed by atoms with van der Waals surface area (Å²) in [5, 5.41) is 1.03. The summed E-state index contributed by atoms with van der Waals surface area (Å²) in [5.41, 5.74) is 0.965. The lowest BCUT2D eigenvalue weighted by atomic mass is 10.2. The van der Waals surface area contributed by atoms with Crippen molar-refractivity contribution in [3.05, 3.63) is 75.1 Å². The molecule has 0 aliphatic carbocycles. The van der Waals surface area contributed by atoms with Crippen molar-refractivity contribution in [1.29, 1.82) is 0 Å². The molecule has 0 atom stereocenters. The Labute approximate surface area is 149 Å². The number of carbonyl (C=O) groups is 1. The molecule has 1 amide bonds. The van der Waals surface area contributed by atoms with Gasteiger partial charge in [0.1, 0.15) is 11.3 Å². The molecular formula is C19H16ClNO4. The third kappa shape index (κ3) is 3.67. The van der Waals surface area contributed by atoms with Crippen LogP contribution in [0, 0.1) is 0 Å². The summed E-state index contributed by atoms with van der Waals surface area (Å²) in [5.74, 6) is 0.161. The van der Waals surface area contributed by atoms with Crippen molar-refractivity contribution in [2.45, 2.75) is 6.54 Å². The van der Waals surface area contributed by atoms with E-state index in [0.717, 1.165) is 5.56 Å². The maximum Gasteiger partial charge on any atom is 0.289 e. The van der Waals surface area contributed by atoms with Gasteiger partial charge in [-0.25, -0.2) is 0 Å². The first-order valence-electron chi connectivity index (χ1n) is 7.60. The fraction of sp³-hybridized carbons (Fsp3) is 0.158. The van der Waals surface area contributed by atoms with E-state index in [9.17, 15) is 9.59 Å². The van der Waals surface area contributed by atoms with Gasteiger partial charge in [-0.3, -0.25) is 9.59 Å². The van der Waals surface area contributed by atoms with Gasteiger partial charge in [-0.05, 0) is 29.8 Å². The fourth-order valence-corrected chi connectivity index (χ4v) is 2.62. The van der Waals surface area contributed by atoms with E-state index in [0.29, 0.717) is 28.3 Å². The summed E-state index contributed by atoms with van der Waals surface area (Å²) in [6.45, 7) is 0.371. The summed E-state index contributed by atoms with van der Waals surface area (Å²) in [6.07, 6.45) is 0. The zero-order valence-corrected chi connectivity index (χ0v) is 14.5. The zero-order valence-electron chi connectivity index (χ0n) is 13.8. The van der Waals surface area contributed by atoms with E-state index in [1.165, 1.54) is 18.1 Å². The maximum absolute atomic E-state index is 12.6. The molecule has 1 aromatic heterocycles. The van der Waals surface area contributed by atoms with Gasteiger partial charge < -0.3 is 14.1 Å². The Morgan fingerprint density at radius 2 is 1.88 bits per heavy atom. The summed E-state index contributed by atoms with van der Waals surface area (Å²) < 4.78 is 10.8. The number of hydrogen-bond donors (Lipinski definition) is 0.